The minimum atomic E-state index is 0.656. The van der Waals surface area contributed by atoms with Gasteiger partial charge in [0, 0.05) is 5.57 Å². The van der Waals surface area contributed by atoms with E-state index in [1.807, 2.05) is 25.1 Å². The molecule has 72 valence electrons. The molecule has 1 aromatic rings. The molecule has 1 nitrogen and oxygen atoms in total. The molecule has 1 N–H and O–H groups in total. The maximum absolute atomic E-state index is 8.02. The van der Waals surface area contributed by atoms with Crippen LogP contribution in [-0.2, 0) is 0 Å². The third-order valence-electron chi connectivity index (χ3n) is 3.00. The number of hydrogen-bond acceptors (Lipinski definition) is 1. The minimum absolute atomic E-state index is 0.656. The van der Waals surface area contributed by atoms with E-state index in [-0.39, 0.29) is 0 Å². The third-order valence-corrected chi connectivity index (χ3v) is 3.00. The lowest BCUT2D eigenvalue weighted by atomic mass is 9.91. The van der Waals surface area contributed by atoms with Crippen molar-refractivity contribution in [3.05, 3.63) is 58.7 Å². The van der Waals surface area contributed by atoms with Crippen LogP contribution in [0.5, 0.6) is 0 Å². The number of nitrogens with one attached hydrogen (secondary N) is 1. The molecule has 0 aromatic heterocycles. The Morgan fingerprint density at radius 3 is 2.67 bits per heavy atom. The molecule has 0 saturated heterocycles. The van der Waals surface area contributed by atoms with Gasteiger partial charge in [0.05, 0.1) is 5.71 Å². The molecule has 0 fully saturated rings. The van der Waals surface area contributed by atoms with Crippen LogP contribution in [0.4, 0.5) is 0 Å². The van der Waals surface area contributed by atoms with Crippen molar-refractivity contribution in [2.75, 3.05) is 0 Å². The van der Waals surface area contributed by atoms with Gasteiger partial charge >= 0.3 is 0 Å². The lowest BCUT2D eigenvalue weighted by molar-refractivity contribution is 1.43. The number of benzene rings is 1. The third kappa shape index (κ3) is 1.06. The fourth-order valence-corrected chi connectivity index (χ4v) is 2.14. The van der Waals surface area contributed by atoms with Gasteiger partial charge in [-0.1, -0.05) is 36.4 Å². The highest BCUT2D eigenvalue weighted by molar-refractivity contribution is 6.26. The van der Waals surface area contributed by atoms with Crippen molar-refractivity contribution in [2.24, 2.45) is 0 Å². The number of hydrogen-bond donors (Lipinski definition) is 1. The largest absolute Gasteiger partial charge is 0.300 e. The summed E-state index contributed by atoms with van der Waals surface area (Å²) in [7, 11) is 0. The molecule has 0 aliphatic heterocycles. The second-order valence-corrected chi connectivity index (χ2v) is 3.95. The van der Waals surface area contributed by atoms with Crippen molar-refractivity contribution < 1.29 is 0 Å². The Morgan fingerprint density at radius 1 is 1.00 bits per heavy atom. The summed E-state index contributed by atoms with van der Waals surface area (Å²) < 4.78 is 0. The topological polar surface area (TPSA) is 23.9 Å². The average Bonchev–Trinajstić information content (AvgIpc) is 2.63. The Hall–Kier alpha value is -1.89. The number of rotatable bonds is 0. The van der Waals surface area contributed by atoms with E-state index in [0.717, 1.165) is 11.1 Å². The van der Waals surface area contributed by atoms with E-state index in [1.165, 1.54) is 16.7 Å². The predicted molar refractivity (Wildman–Crippen MR) is 63.9 cm³/mol. The van der Waals surface area contributed by atoms with Gasteiger partial charge in [-0.2, -0.15) is 0 Å². The fraction of sp³-hybridized carbons (Fsp3) is 0.0714. The summed E-state index contributed by atoms with van der Waals surface area (Å²) in [6.07, 6.45) is 6.25. The van der Waals surface area contributed by atoms with Gasteiger partial charge in [0.25, 0.3) is 0 Å². The second-order valence-electron chi connectivity index (χ2n) is 3.95. The molecular formula is C14H11N. The van der Waals surface area contributed by atoms with E-state index in [1.54, 1.807) is 0 Å². The summed E-state index contributed by atoms with van der Waals surface area (Å²) in [6.45, 7) is 1.99. The van der Waals surface area contributed by atoms with E-state index < -0.39 is 0 Å². The van der Waals surface area contributed by atoms with Gasteiger partial charge in [-0.25, -0.2) is 0 Å². The number of allylic oxidation sites excluding steroid dienone is 5. The molecule has 0 spiro atoms. The molecule has 0 unspecified atom stereocenters. The zero-order valence-electron chi connectivity index (χ0n) is 8.54. The zero-order valence-corrected chi connectivity index (χ0v) is 8.54. The van der Waals surface area contributed by atoms with Crippen LogP contribution in [0.2, 0.25) is 0 Å². The molecule has 0 amide bonds. The Bertz CT molecular complexity index is 556. The van der Waals surface area contributed by atoms with E-state index >= 15 is 0 Å². The number of fused-ring (bicyclic) bond motifs is 3. The summed E-state index contributed by atoms with van der Waals surface area (Å²) in [5.74, 6) is 0. The molecule has 2 aliphatic carbocycles. The van der Waals surface area contributed by atoms with E-state index in [2.05, 4.69) is 24.3 Å². The molecule has 2 aliphatic rings. The first kappa shape index (κ1) is 8.42. The lowest BCUT2D eigenvalue weighted by Crippen LogP contribution is -2.05. The average molecular weight is 193 g/mol. The Balaban J connectivity index is 2.26. The molecule has 3 rings (SSSR count). The summed E-state index contributed by atoms with van der Waals surface area (Å²) in [4.78, 5) is 0. The van der Waals surface area contributed by atoms with E-state index in [0.29, 0.717) is 5.71 Å². The monoisotopic (exact) mass is 193 g/mol. The van der Waals surface area contributed by atoms with Gasteiger partial charge in [-0.15, -0.1) is 0 Å². The summed E-state index contributed by atoms with van der Waals surface area (Å²) >= 11 is 0. The summed E-state index contributed by atoms with van der Waals surface area (Å²) in [5, 5.41) is 8.02. The van der Waals surface area contributed by atoms with Crippen LogP contribution >= 0.6 is 0 Å². The Morgan fingerprint density at radius 2 is 1.80 bits per heavy atom. The molecule has 0 heterocycles. The van der Waals surface area contributed by atoms with Crippen LogP contribution in [0.25, 0.3) is 11.6 Å². The van der Waals surface area contributed by atoms with Crippen molar-refractivity contribution in [3.8, 4) is 0 Å². The highest BCUT2D eigenvalue weighted by Crippen LogP contribution is 2.38. The van der Waals surface area contributed by atoms with Gasteiger partial charge in [0.1, 0.15) is 0 Å². The SMILES string of the molecule is CC1=CC=C2C(=Cc3ccccc32)C1=N. The maximum Gasteiger partial charge on any atom is 0.0647 e. The van der Waals surface area contributed by atoms with Crippen LogP contribution in [0.15, 0.2) is 47.6 Å². The molecule has 0 atom stereocenters. The predicted octanol–water partition coefficient (Wildman–Crippen LogP) is 3.45. The first-order valence-corrected chi connectivity index (χ1v) is 5.07. The normalized spacial score (nSPS) is 17.7. The molecule has 0 bridgehead atoms. The highest BCUT2D eigenvalue weighted by atomic mass is 14.5. The highest BCUT2D eigenvalue weighted by Gasteiger charge is 2.23. The van der Waals surface area contributed by atoms with Crippen molar-refractivity contribution >= 4 is 17.4 Å². The van der Waals surface area contributed by atoms with Crippen molar-refractivity contribution in [3.63, 3.8) is 0 Å². The molecule has 1 aromatic carbocycles. The van der Waals surface area contributed by atoms with Crippen LogP contribution in [0.1, 0.15) is 18.1 Å². The van der Waals surface area contributed by atoms with Crippen molar-refractivity contribution in [1.82, 2.24) is 0 Å². The quantitative estimate of drug-likeness (QED) is 0.652. The fourth-order valence-electron chi connectivity index (χ4n) is 2.14. The Labute approximate surface area is 89.0 Å². The molecule has 0 radical (unpaired) electrons. The minimum Gasteiger partial charge on any atom is -0.300 e. The van der Waals surface area contributed by atoms with Crippen LogP contribution < -0.4 is 0 Å². The molecular weight excluding hydrogens is 182 g/mol. The van der Waals surface area contributed by atoms with Gasteiger partial charge < -0.3 is 0 Å². The van der Waals surface area contributed by atoms with Crippen LogP contribution in [0, 0.1) is 5.41 Å². The van der Waals surface area contributed by atoms with Crippen LogP contribution in [-0.4, -0.2) is 5.71 Å². The van der Waals surface area contributed by atoms with E-state index in [4.69, 9.17) is 5.41 Å². The van der Waals surface area contributed by atoms with Gasteiger partial charge in [0.2, 0.25) is 0 Å². The second kappa shape index (κ2) is 2.80. The van der Waals surface area contributed by atoms with Crippen LogP contribution in [0.3, 0.4) is 0 Å². The lowest BCUT2D eigenvalue weighted by Gasteiger charge is -2.13. The zero-order chi connectivity index (χ0) is 10.4. The molecule has 1 heteroatoms. The van der Waals surface area contributed by atoms with Gasteiger partial charge in [-0.3, -0.25) is 5.41 Å². The Kier molecular flexibility index (Phi) is 1.57. The first-order valence-electron chi connectivity index (χ1n) is 5.07. The molecule has 0 saturated carbocycles. The van der Waals surface area contributed by atoms with Crippen molar-refractivity contribution in [1.29, 1.82) is 5.41 Å². The summed E-state index contributed by atoms with van der Waals surface area (Å²) in [6, 6.07) is 8.31. The van der Waals surface area contributed by atoms with Gasteiger partial charge in [-0.05, 0) is 35.3 Å². The standard InChI is InChI=1S/C14H11N/c1-9-6-7-12-11-5-3-2-4-10(11)8-13(12)14(9)15/h2-8,15H,1H3. The van der Waals surface area contributed by atoms with Gasteiger partial charge in [0.15, 0.2) is 0 Å². The summed E-state index contributed by atoms with van der Waals surface area (Å²) in [5.41, 5.74) is 6.44. The molecule has 15 heavy (non-hydrogen) atoms. The van der Waals surface area contributed by atoms with E-state index in [9.17, 15) is 0 Å². The first-order chi connectivity index (χ1) is 7.27. The smallest absolute Gasteiger partial charge is 0.0647 e. The van der Waals surface area contributed by atoms with Crippen molar-refractivity contribution in [2.45, 2.75) is 6.92 Å². The maximum atomic E-state index is 8.02.